The molecule has 1 aliphatic carbocycles. The smallest absolute Gasteiger partial charge is 0.365 e. The molecule has 1 amide bonds. The monoisotopic (exact) mass is 525 g/mol. The van der Waals surface area contributed by atoms with Crippen LogP contribution in [0.25, 0.3) is 0 Å². The third kappa shape index (κ3) is 7.03. The van der Waals surface area contributed by atoms with E-state index in [4.69, 9.17) is 4.74 Å². The van der Waals surface area contributed by atoms with Crippen LogP contribution in [-0.2, 0) is 9.53 Å². The van der Waals surface area contributed by atoms with E-state index in [1.165, 1.54) is 0 Å². The van der Waals surface area contributed by atoms with Crippen molar-refractivity contribution in [1.29, 1.82) is 0 Å². The summed E-state index contributed by atoms with van der Waals surface area (Å²) < 4.78 is 46.0. The molecule has 1 aliphatic rings. The Hall–Kier alpha value is -1.60. The van der Waals surface area contributed by atoms with Gasteiger partial charge in [-0.05, 0) is 61.1 Å². The van der Waals surface area contributed by atoms with Gasteiger partial charge in [-0.15, -0.1) is 6.58 Å². The molecule has 0 heterocycles. The maximum absolute atomic E-state index is 13.1. The van der Waals surface area contributed by atoms with Crippen molar-refractivity contribution >= 4 is 14.0 Å². The molecule has 1 fully saturated rings. The van der Waals surface area contributed by atoms with E-state index in [1.54, 1.807) is 6.92 Å². The first-order valence-corrected chi connectivity index (χ1v) is 16.2. The molecule has 0 aromatic heterocycles. The molecule has 0 bridgehead atoms. The largest absolute Gasteiger partial charge is 0.471 e. The Morgan fingerprint density at radius 2 is 1.75 bits per heavy atom. The van der Waals surface area contributed by atoms with Gasteiger partial charge >= 0.3 is 12.1 Å². The third-order valence-electron chi connectivity index (χ3n) is 9.06. The Morgan fingerprint density at radius 3 is 2.25 bits per heavy atom. The number of benzene rings is 1. The summed E-state index contributed by atoms with van der Waals surface area (Å²) >= 11 is 0. The lowest BCUT2D eigenvalue weighted by atomic mass is 9.72. The van der Waals surface area contributed by atoms with Gasteiger partial charge in [-0.3, -0.25) is 4.79 Å². The van der Waals surface area contributed by atoms with E-state index in [-0.39, 0.29) is 11.0 Å². The second-order valence-electron chi connectivity index (χ2n) is 12.6. The number of alkyl halides is 3. The zero-order valence-corrected chi connectivity index (χ0v) is 24.3. The Labute approximate surface area is 217 Å². The Morgan fingerprint density at radius 1 is 1.17 bits per heavy atom. The highest BCUT2D eigenvalue weighted by Crippen LogP contribution is 2.55. The Balaban J connectivity index is 2.42. The molecule has 0 radical (unpaired) electrons. The second-order valence-corrected chi connectivity index (χ2v) is 18.3. The molecule has 36 heavy (non-hydrogen) atoms. The first-order chi connectivity index (χ1) is 16.4. The SMILES string of the molecule is C=CC[C@@](C)(O[C@H](c1ccccc1)[C@@H](C)NC(=O)C(F)(F)F)[C@@H]1CC[C@@H](C)[C@H]([Si](C)(C)C(C)(C)C)C1. The summed E-state index contributed by atoms with van der Waals surface area (Å²) in [5, 5.41) is 2.39. The van der Waals surface area contributed by atoms with Crippen molar-refractivity contribution < 1.29 is 22.7 Å². The fourth-order valence-electron chi connectivity index (χ4n) is 5.79. The number of halogens is 3. The Bertz CT molecular complexity index is 881. The molecular formula is C29H46F3NO2Si. The van der Waals surface area contributed by atoms with Gasteiger partial charge in [0.05, 0.1) is 19.7 Å². The van der Waals surface area contributed by atoms with Crippen molar-refractivity contribution in [2.75, 3.05) is 0 Å². The number of rotatable bonds is 9. The summed E-state index contributed by atoms with van der Waals surface area (Å²) in [4.78, 5) is 11.8. The predicted molar refractivity (Wildman–Crippen MR) is 145 cm³/mol. The molecule has 1 saturated carbocycles. The van der Waals surface area contributed by atoms with Gasteiger partial charge in [0.2, 0.25) is 0 Å². The zero-order valence-electron chi connectivity index (χ0n) is 23.3. The van der Waals surface area contributed by atoms with Crippen molar-refractivity contribution in [2.24, 2.45) is 11.8 Å². The van der Waals surface area contributed by atoms with Gasteiger partial charge in [-0.2, -0.15) is 13.2 Å². The van der Waals surface area contributed by atoms with E-state index in [0.717, 1.165) is 24.8 Å². The van der Waals surface area contributed by atoms with Crippen LogP contribution in [0.1, 0.15) is 78.9 Å². The van der Waals surface area contributed by atoms with Crippen molar-refractivity contribution in [3.63, 3.8) is 0 Å². The molecule has 204 valence electrons. The number of carbonyl (C=O) groups is 1. The molecule has 0 unspecified atom stereocenters. The fraction of sp³-hybridized carbons (Fsp3) is 0.690. The minimum absolute atomic E-state index is 0.238. The number of carbonyl (C=O) groups excluding carboxylic acids is 1. The van der Waals surface area contributed by atoms with Gasteiger partial charge in [0, 0.05) is 0 Å². The van der Waals surface area contributed by atoms with E-state index in [0.29, 0.717) is 17.9 Å². The lowest BCUT2D eigenvalue weighted by Gasteiger charge is -2.52. The summed E-state index contributed by atoms with van der Waals surface area (Å²) in [6, 6.07) is 8.35. The first-order valence-electron chi connectivity index (χ1n) is 13.2. The van der Waals surface area contributed by atoms with Gasteiger partial charge in [-0.1, -0.05) is 83.6 Å². The van der Waals surface area contributed by atoms with E-state index in [9.17, 15) is 18.0 Å². The van der Waals surface area contributed by atoms with Gasteiger partial charge in [0.1, 0.15) is 6.10 Å². The van der Waals surface area contributed by atoms with Crippen LogP contribution in [0.2, 0.25) is 23.7 Å². The molecule has 7 heteroatoms. The summed E-state index contributed by atoms with van der Waals surface area (Å²) in [5.41, 5.74) is 0.731. The maximum Gasteiger partial charge on any atom is 0.471 e. The number of hydrogen-bond donors (Lipinski definition) is 1. The molecule has 0 aliphatic heterocycles. The first kappa shape index (κ1) is 30.6. The second kappa shape index (κ2) is 11.4. The standard InChI is InChI=1S/C29H46F3NO2Si/c1-10-18-28(7,23-17-16-20(2)24(19-23)36(8,9)27(4,5)6)35-25(22-14-12-11-13-15-22)21(3)33-26(34)29(30,31)32/h10-15,20-21,23-25H,1,16-19H2,2-9H3,(H,33,34)/t20-,21-,23-,24-,25+,28-/m1/s1. The van der Waals surface area contributed by atoms with Crippen LogP contribution in [0, 0.1) is 11.8 Å². The lowest BCUT2D eigenvalue weighted by molar-refractivity contribution is -0.178. The summed E-state index contributed by atoms with van der Waals surface area (Å²) in [6.07, 6.45) is -0.105. The lowest BCUT2D eigenvalue weighted by Crippen LogP contribution is -2.51. The molecule has 1 aromatic carbocycles. The molecule has 3 nitrogen and oxygen atoms in total. The minimum Gasteiger partial charge on any atom is -0.365 e. The fourth-order valence-corrected chi connectivity index (χ4v) is 9.37. The predicted octanol–water partition coefficient (Wildman–Crippen LogP) is 8.46. The summed E-state index contributed by atoms with van der Waals surface area (Å²) in [5.74, 6) is -1.08. The van der Waals surface area contributed by atoms with Crippen molar-refractivity contribution in [3.05, 3.63) is 48.6 Å². The zero-order chi connectivity index (χ0) is 27.5. The van der Waals surface area contributed by atoms with Crippen LogP contribution >= 0.6 is 0 Å². The third-order valence-corrected chi connectivity index (χ3v) is 15.6. The molecule has 0 saturated heterocycles. The van der Waals surface area contributed by atoms with Crippen molar-refractivity contribution in [1.82, 2.24) is 5.32 Å². The topological polar surface area (TPSA) is 38.3 Å². The molecular weight excluding hydrogens is 479 g/mol. The summed E-state index contributed by atoms with van der Waals surface area (Å²) in [6.45, 7) is 22.0. The van der Waals surface area contributed by atoms with Crippen LogP contribution in [0.3, 0.4) is 0 Å². The number of ether oxygens (including phenoxy) is 1. The van der Waals surface area contributed by atoms with Crippen molar-refractivity contribution in [2.45, 2.75) is 115 Å². The highest BCUT2D eigenvalue weighted by Gasteiger charge is 2.50. The van der Waals surface area contributed by atoms with Crippen LogP contribution < -0.4 is 5.32 Å². The molecule has 6 atom stereocenters. The van der Waals surface area contributed by atoms with E-state index in [1.807, 2.05) is 36.4 Å². The average molecular weight is 526 g/mol. The average Bonchev–Trinajstić information content (AvgIpc) is 2.77. The minimum atomic E-state index is -4.95. The normalized spacial score (nSPS) is 24.9. The summed E-state index contributed by atoms with van der Waals surface area (Å²) in [7, 11) is -1.64. The van der Waals surface area contributed by atoms with Crippen LogP contribution in [0.4, 0.5) is 13.2 Å². The van der Waals surface area contributed by atoms with E-state index < -0.39 is 37.9 Å². The van der Waals surface area contributed by atoms with Crippen LogP contribution in [0.5, 0.6) is 0 Å². The van der Waals surface area contributed by atoms with E-state index in [2.05, 4.69) is 59.6 Å². The van der Waals surface area contributed by atoms with E-state index >= 15 is 0 Å². The van der Waals surface area contributed by atoms with Crippen molar-refractivity contribution in [3.8, 4) is 0 Å². The molecule has 1 aromatic rings. The molecule has 0 spiro atoms. The van der Waals surface area contributed by atoms with Gasteiger partial charge < -0.3 is 10.1 Å². The maximum atomic E-state index is 13.1. The van der Waals surface area contributed by atoms with Crippen LogP contribution in [-0.4, -0.2) is 31.8 Å². The van der Waals surface area contributed by atoms with Gasteiger partial charge in [0.25, 0.3) is 0 Å². The molecule has 1 N–H and O–H groups in total. The molecule has 2 rings (SSSR count). The van der Waals surface area contributed by atoms with Crippen LogP contribution in [0.15, 0.2) is 43.0 Å². The quantitative estimate of drug-likeness (QED) is 0.259. The Kier molecular flexibility index (Phi) is 9.71. The number of nitrogens with one attached hydrogen (secondary N) is 1. The highest BCUT2D eigenvalue weighted by molar-refractivity contribution is 6.81. The number of hydrogen-bond acceptors (Lipinski definition) is 2. The van der Waals surface area contributed by atoms with Gasteiger partial charge in [0.15, 0.2) is 0 Å². The number of amides is 1. The highest BCUT2D eigenvalue weighted by atomic mass is 28.3. The van der Waals surface area contributed by atoms with Gasteiger partial charge in [-0.25, -0.2) is 0 Å².